The number of esters is 1. The van der Waals surface area contributed by atoms with Crippen molar-refractivity contribution in [3.8, 4) is 0 Å². The molecule has 1 aliphatic rings. The summed E-state index contributed by atoms with van der Waals surface area (Å²) in [6.07, 6.45) is 0.551. The van der Waals surface area contributed by atoms with Crippen LogP contribution in [-0.4, -0.2) is 42.9 Å². The Morgan fingerprint density at radius 3 is 2.43 bits per heavy atom. The normalized spacial score (nSPS) is 16.1. The summed E-state index contributed by atoms with van der Waals surface area (Å²) in [6, 6.07) is 8.56. The number of benzene rings is 1. The van der Waals surface area contributed by atoms with Crippen molar-refractivity contribution in [2.24, 2.45) is 0 Å². The molecule has 0 spiro atoms. The van der Waals surface area contributed by atoms with Crippen molar-refractivity contribution in [1.82, 2.24) is 10.2 Å². The summed E-state index contributed by atoms with van der Waals surface area (Å²) in [5.74, 6) is -0.715. The predicted octanol–water partition coefficient (Wildman–Crippen LogP) is 0.639. The van der Waals surface area contributed by atoms with Gasteiger partial charge in [-0.05, 0) is 5.56 Å². The maximum absolute atomic E-state index is 11.8. The number of hydrogen-bond donors (Lipinski definition) is 1. The van der Waals surface area contributed by atoms with Gasteiger partial charge >= 0.3 is 5.97 Å². The smallest absolute Gasteiger partial charge is 0.327 e. The van der Waals surface area contributed by atoms with E-state index < -0.39 is 12.0 Å². The van der Waals surface area contributed by atoms with Gasteiger partial charge < -0.3 is 4.74 Å². The van der Waals surface area contributed by atoms with E-state index in [2.05, 4.69) is 5.32 Å². The van der Waals surface area contributed by atoms with Crippen LogP contribution in [0.4, 0.5) is 0 Å². The molecule has 1 heterocycles. The molecule has 21 heavy (non-hydrogen) atoms. The zero-order valence-corrected chi connectivity index (χ0v) is 11.9. The molecular weight excluding hydrogens is 272 g/mol. The summed E-state index contributed by atoms with van der Waals surface area (Å²) in [5, 5.41) is 3.03. The van der Waals surface area contributed by atoms with Crippen molar-refractivity contribution in [1.29, 1.82) is 0 Å². The first-order chi connectivity index (χ1) is 10.1. The van der Waals surface area contributed by atoms with Gasteiger partial charge in [0.15, 0.2) is 0 Å². The summed E-state index contributed by atoms with van der Waals surface area (Å²) in [4.78, 5) is 36.1. The summed E-state index contributed by atoms with van der Waals surface area (Å²) in [5.41, 5.74) is 0.781. The molecule has 2 amide bonds. The molecule has 2 rings (SSSR count). The first-order valence-corrected chi connectivity index (χ1v) is 6.83. The summed E-state index contributed by atoms with van der Waals surface area (Å²) >= 11 is 0. The van der Waals surface area contributed by atoms with Crippen molar-refractivity contribution >= 4 is 17.8 Å². The second kappa shape index (κ2) is 6.99. The van der Waals surface area contributed by atoms with Crippen LogP contribution in [0.3, 0.4) is 0 Å². The minimum Gasteiger partial charge on any atom is -0.468 e. The molecule has 1 unspecified atom stereocenters. The van der Waals surface area contributed by atoms with Crippen molar-refractivity contribution in [2.75, 3.05) is 20.2 Å². The van der Waals surface area contributed by atoms with Crippen LogP contribution in [-0.2, 0) is 19.1 Å². The van der Waals surface area contributed by atoms with E-state index in [-0.39, 0.29) is 31.2 Å². The molecule has 6 nitrogen and oxygen atoms in total. The molecule has 0 radical (unpaired) electrons. The molecule has 112 valence electrons. The zero-order chi connectivity index (χ0) is 15.2. The number of ether oxygens (including phenoxy) is 1. The topological polar surface area (TPSA) is 75.7 Å². The van der Waals surface area contributed by atoms with Crippen molar-refractivity contribution in [3.05, 3.63) is 35.9 Å². The third-order valence-corrected chi connectivity index (χ3v) is 3.41. The van der Waals surface area contributed by atoms with Crippen LogP contribution in [0.5, 0.6) is 0 Å². The van der Waals surface area contributed by atoms with Crippen LogP contribution < -0.4 is 5.32 Å². The first kappa shape index (κ1) is 15.2. The van der Waals surface area contributed by atoms with Crippen LogP contribution in [0.1, 0.15) is 24.4 Å². The highest BCUT2D eigenvalue weighted by molar-refractivity contribution is 6.01. The monoisotopic (exact) mass is 290 g/mol. The lowest BCUT2D eigenvalue weighted by molar-refractivity contribution is -0.143. The quantitative estimate of drug-likeness (QED) is 0.614. The maximum Gasteiger partial charge on any atom is 0.327 e. The fraction of sp³-hybridized carbons (Fsp3) is 0.400. The van der Waals surface area contributed by atoms with E-state index in [1.807, 2.05) is 30.3 Å². The Morgan fingerprint density at radius 2 is 1.86 bits per heavy atom. The highest BCUT2D eigenvalue weighted by atomic mass is 16.5. The number of amides is 2. The first-order valence-electron chi connectivity index (χ1n) is 6.83. The second-order valence-electron chi connectivity index (χ2n) is 4.76. The molecule has 1 N–H and O–H groups in total. The number of likely N-dealkylation sites (tertiary alicyclic amines) is 1. The largest absolute Gasteiger partial charge is 0.468 e. The molecule has 6 heteroatoms. The van der Waals surface area contributed by atoms with E-state index in [0.29, 0.717) is 6.54 Å². The van der Waals surface area contributed by atoms with Gasteiger partial charge in [-0.1, -0.05) is 30.3 Å². The molecule has 0 aromatic heterocycles. The average molecular weight is 290 g/mol. The van der Waals surface area contributed by atoms with E-state index in [1.165, 1.54) is 12.0 Å². The van der Waals surface area contributed by atoms with Gasteiger partial charge in [0.25, 0.3) is 0 Å². The number of rotatable bonds is 6. The summed E-state index contributed by atoms with van der Waals surface area (Å²) < 4.78 is 4.78. The molecule has 1 aliphatic heterocycles. The number of hydrogen-bond acceptors (Lipinski definition) is 5. The number of nitrogens with zero attached hydrogens (tertiary/aromatic N) is 1. The van der Waals surface area contributed by atoms with E-state index in [0.717, 1.165) is 5.56 Å². The Bertz CT molecular complexity index is 514. The Hall–Kier alpha value is -2.21. The van der Waals surface area contributed by atoms with Crippen LogP contribution in [0, 0.1) is 0 Å². The van der Waals surface area contributed by atoms with Crippen molar-refractivity contribution < 1.29 is 19.1 Å². The van der Waals surface area contributed by atoms with Crippen LogP contribution in [0.15, 0.2) is 30.3 Å². The SMILES string of the molecule is COC(=O)C(NCCN1C(=O)CCC1=O)c1ccccc1. The highest BCUT2D eigenvalue weighted by Crippen LogP contribution is 2.15. The molecule has 0 saturated carbocycles. The predicted molar refractivity (Wildman–Crippen MR) is 75.2 cm³/mol. The minimum absolute atomic E-state index is 0.156. The molecule has 1 aromatic carbocycles. The molecule has 0 bridgehead atoms. The van der Waals surface area contributed by atoms with Gasteiger partial charge in [-0.25, -0.2) is 4.79 Å². The Balaban J connectivity index is 1.95. The molecule has 1 atom stereocenters. The Labute approximate surface area is 123 Å². The van der Waals surface area contributed by atoms with E-state index in [9.17, 15) is 14.4 Å². The van der Waals surface area contributed by atoms with Crippen LogP contribution >= 0.6 is 0 Å². The third-order valence-electron chi connectivity index (χ3n) is 3.41. The molecule has 1 aromatic rings. The standard InChI is InChI=1S/C15H18N2O4/c1-21-15(20)14(11-5-3-2-4-6-11)16-9-10-17-12(18)7-8-13(17)19/h2-6,14,16H,7-10H2,1H3. The van der Waals surface area contributed by atoms with Gasteiger partial charge in [0.05, 0.1) is 7.11 Å². The number of imide groups is 1. The lowest BCUT2D eigenvalue weighted by atomic mass is 10.1. The summed E-state index contributed by atoms with van der Waals surface area (Å²) in [7, 11) is 1.33. The second-order valence-corrected chi connectivity index (χ2v) is 4.76. The molecule has 0 aliphatic carbocycles. The summed E-state index contributed by atoms with van der Waals surface area (Å²) in [6.45, 7) is 0.601. The van der Waals surface area contributed by atoms with E-state index in [4.69, 9.17) is 4.74 Å². The van der Waals surface area contributed by atoms with Crippen molar-refractivity contribution in [3.63, 3.8) is 0 Å². The van der Waals surface area contributed by atoms with Crippen LogP contribution in [0.25, 0.3) is 0 Å². The van der Waals surface area contributed by atoms with E-state index in [1.54, 1.807) is 0 Å². The minimum atomic E-state index is -0.607. The lowest BCUT2D eigenvalue weighted by Gasteiger charge is -2.19. The van der Waals surface area contributed by atoms with E-state index >= 15 is 0 Å². The maximum atomic E-state index is 11.8. The number of carbonyl (C=O) groups is 3. The number of carbonyl (C=O) groups excluding carboxylic acids is 3. The van der Waals surface area contributed by atoms with Crippen molar-refractivity contribution in [2.45, 2.75) is 18.9 Å². The van der Waals surface area contributed by atoms with Gasteiger partial charge in [-0.15, -0.1) is 0 Å². The molecular formula is C15H18N2O4. The highest BCUT2D eigenvalue weighted by Gasteiger charge is 2.29. The molecule has 1 fully saturated rings. The fourth-order valence-corrected chi connectivity index (χ4v) is 2.29. The third kappa shape index (κ3) is 3.66. The van der Waals surface area contributed by atoms with Gasteiger partial charge in [0, 0.05) is 25.9 Å². The van der Waals surface area contributed by atoms with Gasteiger partial charge in [0.1, 0.15) is 6.04 Å². The average Bonchev–Trinajstić information content (AvgIpc) is 2.83. The lowest BCUT2D eigenvalue weighted by Crippen LogP contribution is -2.39. The van der Waals surface area contributed by atoms with Gasteiger partial charge in [-0.3, -0.25) is 19.8 Å². The number of methoxy groups -OCH3 is 1. The Kier molecular flexibility index (Phi) is 5.05. The van der Waals surface area contributed by atoms with Gasteiger partial charge in [0.2, 0.25) is 11.8 Å². The number of nitrogens with one attached hydrogen (secondary N) is 1. The fourth-order valence-electron chi connectivity index (χ4n) is 2.29. The van der Waals surface area contributed by atoms with Crippen LogP contribution in [0.2, 0.25) is 0 Å². The van der Waals surface area contributed by atoms with Gasteiger partial charge in [-0.2, -0.15) is 0 Å². The zero-order valence-electron chi connectivity index (χ0n) is 11.9. The Morgan fingerprint density at radius 1 is 1.24 bits per heavy atom. The molecule has 1 saturated heterocycles.